The number of nitrogens with zero attached hydrogens (tertiary/aromatic N) is 1. The normalized spacial score (nSPS) is 26.2. The van der Waals surface area contributed by atoms with Crippen molar-refractivity contribution in [1.82, 2.24) is 0 Å². The van der Waals surface area contributed by atoms with E-state index in [1.165, 1.54) is 24.8 Å². The van der Waals surface area contributed by atoms with Crippen LogP contribution in [0.4, 0.5) is 11.4 Å². The zero-order chi connectivity index (χ0) is 14.9. The Bertz CT molecular complexity index is 594. The third-order valence-electron chi connectivity index (χ3n) is 4.67. The first kappa shape index (κ1) is 14.7. The largest absolute Gasteiger partial charge is 0.381 e. The van der Waals surface area contributed by atoms with Crippen LogP contribution >= 0.6 is 0 Å². The summed E-state index contributed by atoms with van der Waals surface area (Å²) in [6, 6.07) is 8.44. The molecule has 2 atom stereocenters. The van der Waals surface area contributed by atoms with Gasteiger partial charge < -0.3 is 10.2 Å². The van der Waals surface area contributed by atoms with Crippen LogP contribution in [0.2, 0.25) is 0 Å². The average Bonchev–Trinajstić information content (AvgIpc) is 3.09. The van der Waals surface area contributed by atoms with E-state index in [9.17, 15) is 8.42 Å². The molecule has 1 saturated heterocycles. The number of sulfone groups is 1. The molecule has 4 nitrogen and oxygen atoms in total. The number of hydrogen-bond acceptors (Lipinski definition) is 4. The summed E-state index contributed by atoms with van der Waals surface area (Å²) in [6.07, 6.45) is 6.58. The minimum absolute atomic E-state index is 0.0498. The average molecular weight is 308 g/mol. The summed E-state index contributed by atoms with van der Waals surface area (Å²) in [6.45, 7) is 2.25. The first-order valence-electron chi connectivity index (χ1n) is 7.84. The van der Waals surface area contributed by atoms with Gasteiger partial charge in [0.25, 0.3) is 0 Å². The molecule has 3 rings (SSSR count). The SMILES string of the molecule is CS(=O)(=O)C1CCCC1Nc1cccc(N2CCCC2)c1. The van der Waals surface area contributed by atoms with Gasteiger partial charge in [-0.3, -0.25) is 0 Å². The predicted molar refractivity (Wildman–Crippen MR) is 87.8 cm³/mol. The molecular weight excluding hydrogens is 284 g/mol. The monoisotopic (exact) mass is 308 g/mol. The van der Waals surface area contributed by atoms with Gasteiger partial charge in [-0.05, 0) is 50.3 Å². The minimum atomic E-state index is -2.97. The number of benzene rings is 1. The fraction of sp³-hybridized carbons (Fsp3) is 0.625. The van der Waals surface area contributed by atoms with Crippen molar-refractivity contribution in [2.75, 3.05) is 29.6 Å². The molecule has 1 aromatic carbocycles. The molecule has 5 heteroatoms. The van der Waals surface area contributed by atoms with Gasteiger partial charge in [-0.25, -0.2) is 8.42 Å². The topological polar surface area (TPSA) is 49.4 Å². The van der Waals surface area contributed by atoms with Crippen LogP contribution in [0.5, 0.6) is 0 Å². The number of nitrogens with one attached hydrogen (secondary N) is 1. The maximum Gasteiger partial charge on any atom is 0.152 e. The van der Waals surface area contributed by atoms with E-state index < -0.39 is 9.84 Å². The summed E-state index contributed by atoms with van der Waals surface area (Å²) in [5, 5.41) is 3.21. The van der Waals surface area contributed by atoms with Crippen molar-refractivity contribution in [3.63, 3.8) is 0 Å². The summed E-state index contributed by atoms with van der Waals surface area (Å²) < 4.78 is 23.7. The van der Waals surface area contributed by atoms with E-state index in [1.807, 2.05) is 6.07 Å². The molecule has 1 aromatic rings. The standard InChI is InChI=1S/C16H24N2O2S/c1-21(19,20)16-9-5-8-15(16)17-13-6-4-7-14(12-13)18-10-2-3-11-18/h4,6-7,12,15-17H,2-3,5,8-11H2,1H3. The number of hydrogen-bond donors (Lipinski definition) is 1. The first-order valence-corrected chi connectivity index (χ1v) is 9.80. The van der Waals surface area contributed by atoms with E-state index in [-0.39, 0.29) is 11.3 Å². The van der Waals surface area contributed by atoms with Crippen molar-refractivity contribution in [1.29, 1.82) is 0 Å². The lowest BCUT2D eigenvalue weighted by molar-refractivity contribution is 0.579. The second-order valence-corrected chi connectivity index (χ2v) is 8.56. The maximum absolute atomic E-state index is 11.9. The van der Waals surface area contributed by atoms with Crippen molar-refractivity contribution < 1.29 is 8.42 Å². The van der Waals surface area contributed by atoms with Gasteiger partial charge in [-0.1, -0.05) is 6.07 Å². The molecule has 1 aliphatic heterocycles. The Morgan fingerprint density at radius 3 is 2.62 bits per heavy atom. The Morgan fingerprint density at radius 1 is 1.14 bits per heavy atom. The first-order chi connectivity index (χ1) is 10.0. The molecule has 0 spiro atoms. The molecule has 1 heterocycles. The highest BCUT2D eigenvalue weighted by molar-refractivity contribution is 7.91. The summed E-state index contributed by atoms with van der Waals surface area (Å²) in [5.41, 5.74) is 2.28. The van der Waals surface area contributed by atoms with Gasteiger partial charge >= 0.3 is 0 Å². The molecular formula is C16H24N2O2S. The van der Waals surface area contributed by atoms with E-state index in [4.69, 9.17) is 0 Å². The summed E-state index contributed by atoms with van der Waals surface area (Å²) in [7, 11) is -2.97. The molecule has 1 aliphatic carbocycles. The van der Waals surface area contributed by atoms with Crippen LogP contribution < -0.4 is 10.2 Å². The highest BCUT2D eigenvalue weighted by atomic mass is 32.2. The molecule has 2 unspecified atom stereocenters. The Balaban J connectivity index is 1.74. The van der Waals surface area contributed by atoms with Gasteiger partial charge in [-0.15, -0.1) is 0 Å². The van der Waals surface area contributed by atoms with Crippen LogP contribution in [0.15, 0.2) is 24.3 Å². The molecule has 116 valence electrons. The van der Waals surface area contributed by atoms with Crippen molar-refractivity contribution in [3.8, 4) is 0 Å². The smallest absolute Gasteiger partial charge is 0.152 e. The van der Waals surface area contributed by atoms with Crippen LogP contribution in [0, 0.1) is 0 Å². The lowest BCUT2D eigenvalue weighted by Crippen LogP contribution is -2.34. The number of anilines is 2. The van der Waals surface area contributed by atoms with Crippen LogP contribution in [0.25, 0.3) is 0 Å². The lowest BCUT2D eigenvalue weighted by atomic mass is 10.2. The summed E-state index contributed by atoms with van der Waals surface area (Å²) in [5.74, 6) is 0. The van der Waals surface area contributed by atoms with E-state index in [2.05, 4.69) is 28.4 Å². The molecule has 0 amide bonds. The zero-order valence-electron chi connectivity index (χ0n) is 12.6. The third kappa shape index (κ3) is 3.34. The van der Waals surface area contributed by atoms with E-state index in [1.54, 1.807) is 0 Å². The molecule has 2 fully saturated rings. The predicted octanol–water partition coefficient (Wildman–Crippen LogP) is 2.66. The molecule has 1 N–H and O–H groups in total. The highest BCUT2D eigenvalue weighted by Gasteiger charge is 2.34. The Kier molecular flexibility index (Phi) is 4.11. The van der Waals surface area contributed by atoms with E-state index in [0.717, 1.165) is 38.0 Å². The van der Waals surface area contributed by atoms with Crippen molar-refractivity contribution in [2.24, 2.45) is 0 Å². The van der Waals surface area contributed by atoms with Crippen molar-refractivity contribution >= 4 is 21.2 Å². The zero-order valence-corrected chi connectivity index (χ0v) is 13.4. The molecule has 21 heavy (non-hydrogen) atoms. The lowest BCUT2D eigenvalue weighted by Gasteiger charge is -2.23. The molecule has 2 aliphatic rings. The third-order valence-corrected chi connectivity index (χ3v) is 6.34. The van der Waals surface area contributed by atoms with E-state index >= 15 is 0 Å². The second kappa shape index (κ2) is 5.87. The number of rotatable bonds is 4. The van der Waals surface area contributed by atoms with Gasteiger partial charge in [0.15, 0.2) is 9.84 Å². The summed E-state index contributed by atoms with van der Waals surface area (Å²) in [4.78, 5) is 2.40. The fourth-order valence-corrected chi connectivity index (χ4v) is 4.98. The molecule has 1 saturated carbocycles. The van der Waals surface area contributed by atoms with Crippen LogP contribution in [0.3, 0.4) is 0 Å². The van der Waals surface area contributed by atoms with Crippen LogP contribution in [-0.2, 0) is 9.84 Å². The van der Waals surface area contributed by atoms with Crippen LogP contribution in [-0.4, -0.2) is 39.1 Å². The molecule has 0 radical (unpaired) electrons. The van der Waals surface area contributed by atoms with Gasteiger partial charge in [0.05, 0.1) is 5.25 Å². The maximum atomic E-state index is 11.9. The van der Waals surface area contributed by atoms with Crippen molar-refractivity contribution in [3.05, 3.63) is 24.3 Å². The Labute approximate surface area is 127 Å². The highest BCUT2D eigenvalue weighted by Crippen LogP contribution is 2.30. The van der Waals surface area contributed by atoms with E-state index in [0.29, 0.717) is 0 Å². The molecule has 0 bridgehead atoms. The van der Waals surface area contributed by atoms with Gasteiger partial charge in [0.1, 0.15) is 0 Å². The van der Waals surface area contributed by atoms with Gasteiger partial charge in [0, 0.05) is 36.8 Å². The van der Waals surface area contributed by atoms with Crippen LogP contribution in [0.1, 0.15) is 32.1 Å². The summed E-state index contributed by atoms with van der Waals surface area (Å²) >= 11 is 0. The minimum Gasteiger partial charge on any atom is -0.381 e. The second-order valence-electron chi connectivity index (χ2n) is 6.29. The molecule has 0 aromatic heterocycles. The fourth-order valence-electron chi connectivity index (χ4n) is 3.59. The quantitative estimate of drug-likeness (QED) is 0.929. The van der Waals surface area contributed by atoms with Crippen molar-refractivity contribution in [2.45, 2.75) is 43.4 Å². The Morgan fingerprint density at radius 2 is 1.90 bits per heavy atom. The van der Waals surface area contributed by atoms with Gasteiger partial charge in [0.2, 0.25) is 0 Å². The van der Waals surface area contributed by atoms with Gasteiger partial charge in [-0.2, -0.15) is 0 Å². The Hall–Kier alpha value is -1.23.